The molecule has 6 rings (SSSR count). The van der Waals surface area contributed by atoms with E-state index in [0.717, 1.165) is 33.1 Å². The Morgan fingerprint density at radius 1 is 1.15 bits per heavy atom. The topological polar surface area (TPSA) is 85.0 Å². The second-order valence-electron chi connectivity index (χ2n) is 10.2. The third-order valence-corrected chi connectivity index (χ3v) is 8.97. The molecular formula is C28H28BrFN8OS. The van der Waals surface area contributed by atoms with Crippen LogP contribution in [0.4, 0.5) is 4.39 Å². The first-order chi connectivity index (χ1) is 19.3. The van der Waals surface area contributed by atoms with Crippen molar-refractivity contribution < 1.29 is 9.18 Å². The van der Waals surface area contributed by atoms with E-state index >= 15 is 0 Å². The predicted molar refractivity (Wildman–Crippen MR) is 156 cm³/mol. The van der Waals surface area contributed by atoms with Gasteiger partial charge >= 0.3 is 0 Å². The number of fused-ring (bicyclic) bond motifs is 1. The molecule has 1 fully saturated rings. The molecule has 0 radical (unpaired) electrons. The molecule has 12 heteroatoms. The average molecular weight is 624 g/mol. The number of thiazole rings is 1. The number of carbonyl (C=O) groups excluding carboxylic acids is 1. The molecular weight excluding hydrogens is 595 g/mol. The molecule has 206 valence electrons. The number of piperazine rings is 1. The van der Waals surface area contributed by atoms with Gasteiger partial charge in [0.05, 0.1) is 49.2 Å². The standard InChI is InChI=1S/C28H28BrFN8OS/c1-17-11-35(12-18(2)36(17)13-20-14-38(34-33-20)21-8-9-22(29)23(30)10-21)26(39)15-37-25-7-5-4-6-24(25)32-28(37)27-19(3)31-16-40-27/h4-10,14,16-18H,11-13,15H2,1-3H3/t17-,18+. The molecule has 0 unspecified atom stereocenters. The quantitative estimate of drug-likeness (QED) is 0.263. The van der Waals surface area contributed by atoms with Crippen molar-refractivity contribution in [3.05, 3.63) is 75.8 Å². The van der Waals surface area contributed by atoms with Gasteiger partial charge in [-0.1, -0.05) is 17.3 Å². The summed E-state index contributed by atoms with van der Waals surface area (Å²) in [6.45, 7) is 8.24. The highest BCUT2D eigenvalue weighted by atomic mass is 79.9. The highest BCUT2D eigenvalue weighted by Crippen LogP contribution is 2.30. The van der Waals surface area contributed by atoms with Crippen LogP contribution in [-0.4, -0.2) is 70.4 Å². The van der Waals surface area contributed by atoms with Gasteiger partial charge in [-0.2, -0.15) is 0 Å². The molecule has 9 nitrogen and oxygen atoms in total. The van der Waals surface area contributed by atoms with Crippen LogP contribution >= 0.6 is 27.3 Å². The number of halogens is 2. The summed E-state index contributed by atoms with van der Waals surface area (Å²) in [4.78, 5) is 28.2. The molecule has 1 amide bonds. The van der Waals surface area contributed by atoms with E-state index in [0.29, 0.717) is 29.8 Å². The molecule has 0 bridgehead atoms. The highest BCUT2D eigenvalue weighted by Gasteiger charge is 2.33. The summed E-state index contributed by atoms with van der Waals surface area (Å²) in [5, 5.41) is 8.52. The Labute approximate surface area is 243 Å². The lowest BCUT2D eigenvalue weighted by molar-refractivity contribution is -0.136. The fourth-order valence-corrected chi connectivity index (χ4v) is 6.39. The molecule has 1 aliphatic heterocycles. The Bertz CT molecular complexity index is 1680. The summed E-state index contributed by atoms with van der Waals surface area (Å²) in [5.74, 6) is 0.492. The Balaban J connectivity index is 1.17. The van der Waals surface area contributed by atoms with Crippen molar-refractivity contribution in [2.45, 2.75) is 45.9 Å². The van der Waals surface area contributed by atoms with E-state index in [1.165, 1.54) is 17.4 Å². The van der Waals surface area contributed by atoms with Crippen molar-refractivity contribution in [1.29, 1.82) is 0 Å². The van der Waals surface area contributed by atoms with Crippen LogP contribution in [0.15, 0.2) is 58.6 Å². The molecule has 0 saturated carbocycles. The van der Waals surface area contributed by atoms with Gasteiger partial charge < -0.3 is 9.47 Å². The third-order valence-electron chi connectivity index (χ3n) is 7.40. The van der Waals surface area contributed by atoms with Crippen molar-refractivity contribution in [2.24, 2.45) is 0 Å². The lowest BCUT2D eigenvalue weighted by Crippen LogP contribution is -2.58. The summed E-state index contributed by atoms with van der Waals surface area (Å²) < 4.78 is 18.0. The number of amides is 1. The maximum Gasteiger partial charge on any atom is 0.242 e. The van der Waals surface area contributed by atoms with Crippen LogP contribution in [0.25, 0.3) is 27.4 Å². The summed E-state index contributed by atoms with van der Waals surface area (Å²) >= 11 is 4.72. The van der Waals surface area contributed by atoms with E-state index in [1.54, 1.807) is 16.8 Å². The zero-order chi connectivity index (χ0) is 28.0. The molecule has 0 spiro atoms. The van der Waals surface area contributed by atoms with Crippen molar-refractivity contribution in [1.82, 2.24) is 39.3 Å². The number of para-hydroxylation sites is 2. The smallest absolute Gasteiger partial charge is 0.242 e. The number of aromatic nitrogens is 6. The van der Waals surface area contributed by atoms with E-state index in [1.807, 2.05) is 52.4 Å². The fraction of sp³-hybridized carbons (Fsp3) is 0.321. The van der Waals surface area contributed by atoms with Crippen LogP contribution in [0, 0.1) is 12.7 Å². The van der Waals surface area contributed by atoms with Crippen molar-refractivity contribution in [2.75, 3.05) is 13.1 Å². The zero-order valence-electron chi connectivity index (χ0n) is 22.3. The second kappa shape index (κ2) is 10.8. The fourth-order valence-electron chi connectivity index (χ4n) is 5.34. The Morgan fingerprint density at radius 2 is 1.93 bits per heavy atom. The largest absolute Gasteiger partial charge is 0.338 e. The van der Waals surface area contributed by atoms with E-state index < -0.39 is 0 Å². The van der Waals surface area contributed by atoms with E-state index in [4.69, 9.17) is 4.98 Å². The molecule has 2 atom stereocenters. The average Bonchev–Trinajstić information content (AvgIpc) is 3.66. The van der Waals surface area contributed by atoms with Crippen LogP contribution < -0.4 is 0 Å². The van der Waals surface area contributed by atoms with E-state index in [-0.39, 0.29) is 30.4 Å². The number of aryl methyl sites for hydroxylation is 1. The Kier molecular flexibility index (Phi) is 7.24. The summed E-state index contributed by atoms with van der Waals surface area (Å²) in [5.41, 5.74) is 5.92. The number of rotatable bonds is 6. The first-order valence-corrected chi connectivity index (χ1v) is 14.7. The molecule has 2 aromatic carbocycles. The van der Waals surface area contributed by atoms with Crippen LogP contribution in [0.1, 0.15) is 25.2 Å². The van der Waals surface area contributed by atoms with E-state index in [9.17, 15) is 9.18 Å². The van der Waals surface area contributed by atoms with Crippen molar-refractivity contribution in [3.63, 3.8) is 0 Å². The van der Waals surface area contributed by atoms with Gasteiger partial charge in [0.1, 0.15) is 12.4 Å². The maximum absolute atomic E-state index is 14.0. The molecule has 1 saturated heterocycles. The van der Waals surface area contributed by atoms with Gasteiger partial charge in [0.25, 0.3) is 0 Å². The predicted octanol–water partition coefficient (Wildman–Crippen LogP) is 5.07. The van der Waals surface area contributed by atoms with E-state index in [2.05, 4.69) is 50.0 Å². The normalized spacial score (nSPS) is 18.1. The van der Waals surface area contributed by atoms with Gasteiger partial charge in [0, 0.05) is 37.8 Å². The first kappa shape index (κ1) is 26.7. The highest BCUT2D eigenvalue weighted by molar-refractivity contribution is 9.10. The van der Waals surface area contributed by atoms with Gasteiger partial charge in [0.2, 0.25) is 5.91 Å². The summed E-state index contributed by atoms with van der Waals surface area (Å²) in [6.07, 6.45) is 1.83. The summed E-state index contributed by atoms with van der Waals surface area (Å²) in [7, 11) is 0. The van der Waals surface area contributed by atoms with Gasteiger partial charge in [-0.3, -0.25) is 9.69 Å². The SMILES string of the molecule is Cc1ncsc1-c1nc2ccccc2n1CC(=O)N1C[C@@H](C)N(Cc2cn(-c3ccc(Br)c(F)c3)nn2)[C@@H](C)C1. The number of benzene rings is 2. The Morgan fingerprint density at radius 3 is 2.65 bits per heavy atom. The molecule has 0 N–H and O–H groups in total. The van der Waals surface area contributed by atoms with Gasteiger partial charge in [-0.15, -0.1) is 16.4 Å². The molecule has 0 aliphatic carbocycles. The number of imidazole rings is 1. The third kappa shape index (κ3) is 5.06. The number of hydrogen-bond donors (Lipinski definition) is 0. The summed E-state index contributed by atoms with van der Waals surface area (Å²) in [6, 6.07) is 13.0. The van der Waals surface area contributed by atoms with Crippen molar-refractivity contribution >= 4 is 44.2 Å². The molecule has 40 heavy (non-hydrogen) atoms. The minimum Gasteiger partial charge on any atom is -0.338 e. The number of carbonyl (C=O) groups is 1. The van der Waals surface area contributed by atoms with Crippen LogP contribution in [0.2, 0.25) is 0 Å². The van der Waals surface area contributed by atoms with Crippen LogP contribution in [-0.2, 0) is 17.9 Å². The number of hydrogen-bond acceptors (Lipinski definition) is 7. The molecule has 5 aromatic rings. The van der Waals surface area contributed by atoms with Gasteiger partial charge in [-0.05, 0) is 61.0 Å². The second-order valence-corrected chi connectivity index (χ2v) is 11.9. The maximum atomic E-state index is 14.0. The minimum absolute atomic E-state index is 0.0631. The van der Waals surface area contributed by atoms with Crippen molar-refractivity contribution in [3.8, 4) is 16.4 Å². The van der Waals surface area contributed by atoms with Crippen LogP contribution in [0.3, 0.4) is 0 Å². The Hall–Kier alpha value is -3.48. The van der Waals surface area contributed by atoms with Gasteiger partial charge in [-0.25, -0.2) is 19.0 Å². The lowest BCUT2D eigenvalue weighted by Gasteiger charge is -2.44. The van der Waals surface area contributed by atoms with Gasteiger partial charge in [0.15, 0.2) is 5.82 Å². The minimum atomic E-state index is -0.351. The molecule has 4 heterocycles. The molecule has 3 aromatic heterocycles. The number of nitrogens with zero attached hydrogens (tertiary/aromatic N) is 8. The lowest BCUT2D eigenvalue weighted by atomic mass is 10.1. The first-order valence-electron chi connectivity index (χ1n) is 13.0. The molecule has 1 aliphatic rings. The monoisotopic (exact) mass is 622 g/mol. The van der Waals surface area contributed by atoms with Crippen LogP contribution in [0.5, 0.6) is 0 Å². The zero-order valence-corrected chi connectivity index (χ0v) is 24.7.